The summed E-state index contributed by atoms with van der Waals surface area (Å²) in [6, 6.07) is 8.37. The second-order valence-corrected chi connectivity index (χ2v) is 6.33. The first kappa shape index (κ1) is 14.7. The van der Waals surface area contributed by atoms with Crippen molar-refractivity contribution in [3.8, 4) is 0 Å². The van der Waals surface area contributed by atoms with Gasteiger partial charge in [0.05, 0.1) is 17.3 Å². The van der Waals surface area contributed by atoms with Crippen molar-refractivity contribution in [2.45, 2.75) is 19.6 Å². The van der Waals surface area contributed by atoms with Crippen molar-refractivity contribution in [1.82, 2.24) is 10.3 Å². The lowest BCUT2D eigenvalue weighted by atomic mass is 10.2. The van der Waals surface area contributed by atoms with Crippen LogP contribution < -0.4 is 5.32 Å². The molecule has 0 atom stereocenters. The van der Waals surface area contributed by atoms with Crippen LogP contribution in [0.5, 0.6) is 0 Å². The Hall–Kier alpha value is -0.750. The third kappa shape index (κ3) is 4.11. The number of hydrogen-bond donors (Lipinski definition) is 1. The van der Waals surface area contributed by atoms with E-state index in [-0.39, 0.29) is 0 Å². The minimum Gasteiger partial charge on any atom is -0.378 e. The number of thiazole rings is 1. The molecule has 1 aromatic heterocycles. The molecule has 0 bridgehead atoms. The first-order valence-corrected chi connectivity index (χ1v) is 7.69. The number of hydrogen-bond acceptors (Lipinski definition) is 4. The highest BCUT2D eigenvalue weighted by Gasteiger charge is 2.10. The lowest BCUT2D eigenvalue weighted by Gasteiger charge is -1.98. The van der Waals surface area contributed by atoms with Gasteiger partial charge in [-0.15, -0.1) is 11.3 Å². The highest BCUT2D eigenvalue weighted by Crippen LogP contribution is 2.22. The summed E-state index contributed by atoms with van der Waals surface area (Å²) in [7, 11) is 3.65. The number of ether oxygens (including phenoxy) is 1. The molecule has 2 rings (SSSR count). The largest absolute Gasteiger partial charge is 0.378 e. The molecule has 3 nitrogen and oxygen atoms in total. The van der Waals surface area contributed by atoms with E-state index >= 15 is 0 Å². The monoisotopic (exact) mass is 340 g/mol. The zero-order valence-electron chi connectivity index (χ0n) is 11.1. The first-order valence-electron chi connectivity index (χ1n) is 6.08. The van der Waals surface area contributed by atoms with Crippen molar-refractivity contribution in [3.05, 3.63) is 49.9 Å². The maximum absolute atomic E-state index is 5.20. The Bertz CT molecular complexity index is 501. The molecule has 0 saturated carbocycles. The summed E-state index contributed by atoms with van der Waals surface area (Å²) in [5.74, 6) is 0. The average Bonchev–Trinajstić information content (AvgIpc) is 2.75. The second kappa shape index (κ2) is 7.14. The van der Waals surface area contributed by atoms with E-state index in [2.05, 4.69) is 50.5 Å². The number of rotatable bonds is 6. The van der Waals surface area contributed by atoms with Gasteiger partial charge in [0.1, 0.15) is 0 Å². The second-order valence-electron chi connectivity index (χ2n) is 4.24. The topological polar surface area (TPSA) is 34.2 Å². The van der Waals surface area contributed by atoms with E-state index in [1.165, 1.54) is 10.4 Å². The third-order valence-electron chi connectivity index (χ3n) is 2.71. The summed E-state index contributed by atoms with van der Waals surface area (Å²) < 4.78 is 6.31. The zero-order chi connectivity index (χ0) is 13.7. The Labute approximate surface area is 126 Å². The summed E-state index contributed by atoms with van der Waals surface area (Å²) >= 11 is 5.21. The van der Waals surface area contributed by atoms with E-state index < -0.39 is 0 Å². The standard InChI is InChI=1S/C14H17BrN2OS/c1-16-8-13-12(9-18-2)17-14(19-13)7-10-3-5-11(15)6-4-10/h3-6,16H,7-9H2,1-2H3. The van der Waals surface area contributed by atoms with Crippen LogP contribution in [0.2, 0.25) is 0 Å². The Morgan fingerprint density at radius 1 is 1.32 bits per heavy atom. The van der Waals surface area contributed by atoms with Gasteiger partial charge in [0.25, 0.3) is 0 Å². The fraction of sp³-hybridized carbons (Fsp3) is 0.357. The van der Waals surface area contributed by atoms with Crippen LogP contribution in [0.15, 0.2) is 28.7 Å². The van der Waals surface area contributed by atoms with Crippen LogP contribution in [-0.2, 0) is 24.3 Å². The van der Waals surface area contributed by atoms with E-state index in [9.17, 15) is 0 Å². The van der Waals surface area contributed by atoms with Gasteiger partial charge < -0.3 is 10.1 Å². The third-order valence-corrected chi connectivity index (χ3v) is 4.34. The molecule has 1 heterocycles. The number of nitrogens with one attached hydrogen (secondary N) is 1. The number of methoxy groups -OCH3 is 1. The number of aromatic nitrogens is 1. The van der Waals surface area contributed by atoms with Gasteiger partial charge in [-0.2, -0.15) is 0 Å². The molecule has 0 fully saturated rings. The molecule has 0 unspecified atom stereocenters. The predicted octanol–water partition coefficient (Wildman–Crippen LogP) is 3.36. The number of nitrogens with zero attached hydrogens (tertiary/aromatic N) is 1. The molecule has 0 aliphatic heterocycles. The van der Waals surface area contributed by atoms with Gasteiger partial charge in [-0.3, -0.25) is 0 Å². The molecule has 0 aliphatic rings. The quantitative estimate of drug-likeness (QED) is 0.875. The summed E-state index contributed by atoms with van der Waals surface area (Å²) in [4.78, 5) is 5.94. The lowest BCUT2D eigenvalue weighted by Crippen LogP contribution is -2.06. The van der Waals surface area contributed by atoms with Crippen LogP contribution in [-0.4, -0.2) is 19.1 Å². The zero-order valence-corrected chi connectivity index (χ0v) is 13.5. The van der Waals surface area contributed by atoms with Crippen molar-refractivity contribution in [2.24, 2.45) is 0 Å². The molecule has 2 aromatic rings. The van der Waals surface area contributed by atoms with Gasteiger partial charge in [0, 0.05) is 29.4 Å². The van der Waals surface area contributed by atoms with E-state index in [1.807, 2.05) is 7.05 Å². The molecule has 0 radical (unpaired) electrons. The van der Waals surface area contributed by atoms with Gasteiger partial charge in [0.15, 0.2) is 0 Å². The van der Waals surface area contributed by atoms with E-state index in [4.69, 9.17) is 4.74 Å². The highest BCUT2D eigenvalue weighted by atomic mass is 79.9. The van der Waals surface area contributed by atoms with Crippen molar-refractivity contribution >= 4 is 27.3 Å². The summed E-state index contributed by atoms with van der Waals surface area (Å²) in [6.45, 7) is 1.42. The minimum absolute atomic E-state index is 0.577. The van der Waals surface area contributed by atoms with Gasteiger partial charge in [-0.25, -0.2) is 4.98 Å². The molecule has 1 aromatic carbocycles. The Balaban J connectivity index is 2.15. The van der Waals surface area contributed by atoms with E-state index in [1.54, 1.807) is 18.4 Å². The SMILES string of the molecule is CNCc1sc(Cc2ccc(Br)cc2)nc1COC. The molecule has 0 amide bonds. The normalized spacial score (nSPS) is 10.9. The van der Waals surface area contributed by atoms with Gasteiger partial charge in [-0.1, -0.05) is 28.1 Å². The minimum atomic E-state index is 0.577. The fourth-order valence-electron chi connectivity index (χ4n) is 1.84. The van der Waals surface area contributed by atoms with Crippen molar-refractivity contribution in [1.29, 1.82) is 0 Å². The van der Waals surface area contributed by atoms with Crippen LogP contribution in [0, 0.1) is 0 Å². The van der Waals surface area contributed by atoms with Gasteiger partial charge in [-0.05, 0) is 24.7 Å². The van der Waals surface area contributed by atoms with Crippen molar-refractivity contribution < 1.29 is 4.74 Å². The van der Waals surface area contributed by atoms with Crippen LogP contribution in [0.25, 0.3) is 0 Å². The fourth-order valence-corrected chi connectivity index (χ4v) is 3.22. The molecular weight excluding hydrogens is 324 g/mol. The molecule has 19 heavy (non-hydrogen) atoms. The van der Waals surface area contributed by atoms with Crippen molar-refractivity contribution in [2.75, 3.05) is 14.2 Å². The smallest absolute Gasteiger partial charge is 0.0976 e. The molecule has 1 N–H and O–H groups in total. The van der Waals surface area contributed by atoms with Crippen LogP contribution >= 0.6 is 27.3 Å². The maximum Gasteiger partial charge on any atom is 0.0976 e. The molecule has 102 valence electrons. The summed E-state index contributed by atoms with van der Waals surface area (Å²) in [5.41, 5.74) is 2.32. The Kier molecular flexibility index (Phi) is 5.51. The Morgan fingerprint density at radius 3 is 2.68 bits per heavy atom. The molecular formula is C14H17BrN2OS. The van der Waals surface area contributed by atoms with Crippen LogP contribution in [0.4, 0.5) is 0 Å². The van der Waals surface area contributed by atoms with Gasteiger partial charge >= 0.3 is 0 Å². The number of benzene rings is 1. The molecule has 0 aliphatic carbocycles. The summed E-state index contributed by atoms with van der Waals surface area (Å²) in [5, 5.41) is 4.31. The average molecular weight is 341 g/mol. The molecule has 5 heteroatoms. The highest BCUT2D eigenvalue weighted by molar-refractivity contribution is 9.10. The van der Waals surface area contributed by atoms with Crippen LogP contribution in [0.1, 0.15) is 21.1 Å². The Morgan fingerprint density at radius 2 is 2.05 bits per heavy atom. The van der Waals surface area contributed by atoms with E-state index in [0.717, 1.165) is 28.1 Å². The maximum atomic E-state index is 5.20. The van der Waals surface area contributed by atoms with E-state index in [0.29, 0.717) is 6.61 Å². The van der Waals surface area contributed by atoms with Gasteiger partial charge in [0.2, 0.25) is 0 Å². The molecule has 0 spiro atoms. The summed E-state index contributed by atoms with van der Waals surface area (Å²) in [6.07, 6.45) is 0.873. The van der Waals surface area contributed by atoms with Crippen molar-refractivity contribution in [3.63, 3.8) is 0 Å². The van der Waals surface area contributed by atoms with Crippen LogP contribution in [0.3, 0.4) is 0 Å². The predicted molar refractivity (Wildman–Crippen MR) is 82.5 cm³/mol. The molecule has 0 saturated heterocycles. The lowest BCUT2D eigenvalue weighted by molar-refractivity contribution is 0.181. The first-order chi connectivity index (χ1) is 9.22. The number of halogens is 1.